The summed E-state index contributed by atoms with van der Waals surface area (Å²) in [6, 6.07) is 13.3. The van der Waals surface area contributed by atoms with Crippen molar-refractivity contribution in [2.75, 3.05) is 30.5 Å². The number of hydrogen-bond acceptors (Lipinski definition) is 7. The third-order valence-electron chi connectivity index (χ3n) is 4.34. The van der Waals surface area contributed by atoms with Gasteiger partial charge in [-0.05, 0) is 18.2 Å². The number of Topliss-reactive ketones (excluding diaryl/α,β-unsaturated/α-hetero) is 1. The molecule has 0 spiro atoms. The van der Waals surface area contributed by atoms with Gasteiger partial charge in [-0.1, -0.05) is 23.7 Å². The van der Waals surface area contributed by atoms with Crippen molar-refractivity contribution < 1.29 is 14.5 Å². The highest BCUT2D eigenvalue weighted by atomic mass is 35.5. The smallest absolute Gasteiger partial charge is 0.288 e. The maximum Gasteiger partial charge on any atom is 0.288 e. The third-order valence-corrected chi connectivity index (χ3v) is 4.64. The molecule has 0 amide bonds. The second-order valence-electron chi connectivity index (χ2n) is 6.00. The van der Waals surface area contributed by atoms with Gasteiger partial charge in [0.1, 0.15) is 28.2 Å². The number of nitro benzene ring substituents is 1. The van der Waals surface area contributed by atoms with Crippen LogP contribution in [0.15, 0.2) is 53.9 Å². The highest BCUT2D eigenvalue weighted by molar-refractivity contribution is 6.32. The number of ketones is 1. The molecule has 0 N–H and O–H groups in total. The van der Waals surface area contributed by atoms with Crippen LogP contribution in [0.25, 0.3) is 0 Å². The van der Waals surface area contributed by atoms with Crippen molar-refractivity contribution in [2.45, 2.75) is 0 Å². The van der Waals surface area contributed by atoms with Crippen LogP contribution in [0.3, 0.4) is 0 Å². The number of benzene rings is 2. The summed E-state index contributed by atoms with van der Waals surface area (Å²) in [5.74, 6) is 0.139. The second kappa shape index (κ2) is 7.58. The Balaban J connectivity index is 1.82. The molecule has 0 saturated heterocycles. The Morgan fingerprint density at radius 1 is 1.21 bits per heavy atom. The largest absolute Gasteiger partial charge is 0.485 e. The van der Waals surface area contributed by atoms with Crippen LogP contribution >= 0.6 is 11.6 Å². The quantitative estimate of drug-likeness (QED) is 0.329. The zero-order chi connectivity index (χ0) is 20.4. The normalized spacial score (nSPS) is 12.4. The standard InChI is InChI=1S/C19H15ClN4O4/c1-22-16-5-3-4-6-17(16)23(2)19(22)13(10-21)18(25)11-28-12-7-8-15(24(26)27)14(20)9-12/h3-9H,11H2,1-2H3. The number of anilines is 2. The van der Waals surface area contributed by atoms with Crippen LogP contribution in [-0.4, -0.2) is 31.4 Å². The number of fused-ring (bicyclic) bond motifs is 1. The second-order valence-corrected chi connectivity index (χ2v) is 6.41. The monoisotopic (exact) mass is 398 g/mol. The molecule has 0 unspecified atom stereocenters. The number of hydrogen-bond donors (Lipinski definition) is 0. The van der Waals surface area contributed by atoms with Crippen LogP contribution in [0, 0.1) is 21.4 Å². The molecule has 0 atom stereocenters. The molecule has 1 heterocycles. The molecule has 1 aliphatic rings. The number of carbonyl (C=O) groups is 1. The van der Waals surface area contributed by atoms with E-state index in [4.69, 9.17) is 16.3 Å². The molecule has 0 bridgehead atoms. The highest BCUT2D eigenvalue weighted by Gasteiger charge is 2.31. The molecule has 28 heavy (non-hydrogen) atoms. The zero-order valence-electron chi connectivity index (χ0n) is 15.0. The maximum atomic E-state index is 12.6. The Kier molecular flexibility index (Phi) is 5.20. The molecule has 142 valence electrons. The van der Waals surface area contributed by atoms with E-state index in [0.717, 1.165) is 11.4 Å². The fraction of sp³-hybridized carbons (Fsp3) is 0.158. The van der Waals surface area contributed by atoms with E-state index in [1.54, 1.807) is 23.9 Å². The van der Waals surface area contributed by atoms with Gasteiger partial charge in [-0.15, -0.1) is 0 Å². The van der Waals surface area contributed by atoms with Crippen molar-refractivity contribution in [2.24, 2.45) is 0 Å². The summed E-state index contributed by atoms with van der Waals surface area (Å²) in [5, 5.41) is 20.3. The minimum absolute atomic E-state index is 0.0470. The van der Waals surface area contributed by atoms with E-state index in [1.165, 1.54) is 18.2 Å². The molecule has 0 radical (unpaired) electrons. The lowest BCUT2D eigenvalue weighted by Crippen LogP contribution is -2.27. The number of rotatable bonds is 5. The van der Waals surface area contributed by atoms with E-state index in [2.05, 4.69) is 0 Å². The first kappa shape index (κ1) is 19.2. The van der Waals surface area contributed by atoms with E-state index >= 15 is 0 Å². The number of carbonyl (C=O) groups excluding carboxylic acids is 1. The molecule has 1 aliphatic heterocycles. The van der Waals surface area contributed by atoms with Gasteiger partial charge in [-0.25, -0.2) is 0 Å². The molecular weight excluding hydrogens is 384 g/mol. The van der Waals surface area contributed by atoms with E-state index in [1.807, 2.05) is 30.3 Å². The average molecular weight is 399 g/mol. The number of nitrogens with zero attached hydrogens (tertiary/aromatic N) is 4. The molecule has 9 heteroatoms. The summed E-state index contributed by atoms with van der Waals surface area (Å²) < 4.78 is 5.39. The zero-order valence-corrected chi connectivity index (χ0v) is 15.8. The lowest BCUT2D eigenvalue weighted by molar-refractivity contribution is -0.384. The summed E-state index contributed by atoms with van der Waals surface area (Å²) in [7, 11) is 3.55. The first-order chi connectivity index (χ1) is 13.3. The summed E-state index contributed by atoms with van der Waals surface area (Å²) in [4.78, 5) is 26.4. The Morgan fingerprint density at radius 3 is 2.32 bits per heavy atom. The molecule has 2 aromatic rings. The summed E-state index contributed by atoms with van der Waals surface area (Å²) >= 11 is 5.84. The Labute approximate surface area is 165 Å². The minimum atomic E-state index is -0.612. The van der Waals surface area contributed by atoms with Crippen LogP contribution in [-0.2, 0) is 4.79 Å². The van der Waals surface area contributed by atoms with Gasteiger partial charge in [-0.3, -0.25) is 14.9 Å². The van der Waals surface area contributed by atoms with Crippen molar-refractivity contribution >= 4 is 34.4 Å². The fourth-order valence-electron chi connectivity index (χ4n) is 3.00. The number of para-hydroxylation sites is 2. The topological polar surface area (TPSA) is 99.7 Å². The number of nitriles is 1. The molecule has 0 fully saturated rings. The first-order valence-electron chi connectivity index (χ1n) is 8.16. The van der Waals surface area contributed by atoms with Crippen LogP contribution in [0.4, 0.5) is 17.1 Å². The van der Waals surface area contributed by atoms with Crippen molar-refractivity contribution in [3.05, 3.63) is 69.0 Å². The van der Waals surface area contributed by atoms with Gasteiger partial charge in [0.05, 0.1) is 16.3 Å². The van der Waals surface area contributed by atoms with Crippen LogP contribution in [0.1, 0.15) is 0 Å². The Hall–Kier alpha value is -3.57. The first-order valence-corrected chi connectivity index (χ1v) is 8.53. The van der Waals surface area contributed by atoms with Gasteiger partial charge in [-0.2, -0.15) is 5.26 Å². The lowest BCUT2D eigenvalue weighted by atomic mass is 10.2. The van der Waals surface area contributed by atoms with Gasteiger partial charge in [0.25, 0.3) is 5.69 Å². The van der Waals surface area contributed by atoms with Crippen molar-refractivity contribution in [3.8, 4) is 11.8 Å². The molecule has 8 nitrogen and oxygen atoms in total. The predicted octanol–water partition coefficient (Wildman–Crippen LogP) is 3.52. The number of nitro groups is 1. The Morgan fingerprint density at radius 2 is 1.82 bits per heavy atom. The molecule has 0 aliphatic carbocycles. The summed E-state index contributed by atoms with van der Waals surface area (Å²) in [6.07, 6.45) is 0. The number of halogens is 1. The maximum absolute atomic E-state index is 12.6. The van der Waals surface area contributed by atoms with Gasteiger partial charge >= 0.3 is 0 Å². The van der Waals surface area contributed by atoms with Crippen molar-refractivity contribution in [3.63, 3.8) is 0 Å². The lowest BCUT2D eigenvalue weighted by Gasteiger charge is -2.20. The fourth-order valence-corrected chi connectivity index (χ4v) is 3.24. The van der Waals surface area contributed by atoms with Gasteiger partial charge in [0, 0.05) is 26.2 Å². The van der Waals surface area contributed by atoms with Gasteiger partial charge in [0.15, 0.2) is 6.61 Å². The molecule has 0 aromatic heterocycles. The van der Waals surface area contributed by atoms with E-state index in [0.29, 0.717) is 5.82 Å². The molecule has 0 saturated carbocycles. The SMILES string of the molecule is CN1C(=C(C#N)C(=O)COc2ccc([N+](=O)[O-])c(Cl)c2)N(C)c2ccccc21. The van der Waals surface area contributed by atoms with Gasteiger partial charge < -0.3 is 14.5 Å². The summed E-state index contributed by atoms with van der Waals surface area (Å²) in [5.41, 5.74) is 1.45. The average Bonchev–Trinajstić information content (AvgIpc) is 2.92. The van der Waals surface area contributed by atoms with Crippen LogP contribution < -0.4 is 14.5 Å². The third kappa shape index (κ3) is 3.35. The van der Waals surface area contributed by atoms with Crippen molar-refractivity contribution in [1.29, 1.82) is 5.26 Å². The van der Waals surface area contributed by atoms with Crippen molar-refractivity contribution in [1.82, 2.24) is 0 Å². The molecule has 3 rings (SSSR count). The molecular formula is C19H15ClN4O4. The van der Waals surface area contributed by atoms with Crippen LogP contribution in [0.5, 0.6) is 5.75 Å². The summed E-state index contributed by atoms with van der Waals surface area (Å²) in [6.45, 7) is -0.404. The van der Waals surface area contributed by atoms with E-state index < -0.39 is 17.3 Å². The predicted molar refractivity (Wildman–Crippen MR) is 104 cm³/mol. The van der Waals surface area contributed by atoms with E-state index in [9.17, 15) is 20.2 Å². The highest BCUT2D eigenvalue weighted by Crippen LogP contribution is 2.40. The minimum Gasteiger partial charge on any atom is -0.485 e. The number of ether oxygens (including phenoxy) is 1. The molecule has 2 aromatic carbocycles. The van der Waals surface area contributed by atoms with E-state index in [-0.39, 0.29) is 22.0 Å². The van der Waals surface area contributed by atoms with Crippen LogP contribution in [0.2, 0.25) is 5.02 Å². The Bertz CT molecular complexity index is 1010. The van der Waals surface area contributed by atoms with Gasteiger partial charge in [0.2, 0.25) is 5.78 Å².